The monoisotopic (exact) mass is 254 g/mol. The van der Waals surface area contributed by atoms with E-state index in [1.165, 1.54) is 10.9 Å². The Bertz CT molecular complexity index is 447. The molecule has 1 amide bonds. The topological polar surface area (TPSA) is 86.1 Å². The fraction of sp³-hybridized carbons (Fsp3) is 0.636. The van der Waals surface area contributed by atoms with Gasteiger partial charge in [-0.15, -0.1) is 10.2 Å². The summed E-state index contributed by atoms with van der Waals surface area (Å²) in [6.45, 7) is 6.83. The zero-order valence-corrected chi connectivity index (χ0v) is 11.2. The van der Waals surface area contributed by atoms with E-state index in [0.717, 1.165) is 0 Å². The van der Waals surface area contributed by atoms with E-state index in [-0.39, 0.29) is 11.6 Å². The molecule has 0 aliphatic heterocycles. The van der Waals surface area contributed by atoms with Crippen LogP contribution in [0.4, 0.5) is 4.79 Å². The van der Waals surface area contributed by atoms with Crippen molar-refractivity contribution in [2.75, 3.05) is 0 Å². The summed E-state index contributed by atoms with van der Waals surface area (Å²) in [5.74, 6) is -0.126. The number of ether oxygens (including phenoxy) is 1. The summed E-state index contributed by atoms with van der Waals surface area (Å²) in [6.07, 6.45) is 0.790. The van der Waals surface area contributed by atoms with Crippen LogP contribution >= 0.6 is 0 Å². The molecule has 0 aliphatic carbocycles. The molecule has 0 radical (unpaired) electrons. The van der Waals surface area contributed by atoms with Gasteiger partial charge >= 0.3 is 6.09 Å². The zero-order chi connectivity index (χ0) is 13.9. The van der Waals surface area contributed by atoms with Gasteiger partial charge in [-0.1, -0.05) is 0 Å². The number of carbonyl (C=O) groups excluding carboxylic acids is 2. The predicted molar refractivity (Wildman–Crippen MR) is 64.2 cm³/mol. The first-order chi connectivity index (χ1) is 8.20. The van der Waals surface area contributed by atoms with Gasteiger partial charge in [0, 0.05) is 7.05 Å². The average Bonchev–Trinajstić information content (AvgIpc) is 2.60. The Kier molecular flexibility index (Phi) is 4.05. The summed E-state index contributed by atoms with van der Waals surface area (Å²) < 4.78 is 6.56. The van der Waals surface area contributed by atoms with E-state index in [1.54, 1.807) is 34.7 Å². The van der Waals surface area contributed by atoms with Gasteiger partial charge in [-0.25, -0.2) is 4.79 Å². The molecule has 1 rings (SSSR count). The number of nitrogens with one attached hydrogen (secondary N) is 1. The summed E-state index contributed by atoms with van der Waals surface area (Å²) in [5.41, 5.74) is -0.600. The highest BCUT2D eigenvalue weighted by molar-refractivity contribution is 5.98. The molecule has 18 heavy (non-hydrogen) atoms. The Morgan fingerprint density at radius 2 is 2.06 bits per heavy atom. The van der Waals surface area contributed by atoms with E-state index in [4.69, 9.17) is 4.74 Å². The van der Waals surface area contributed by atoms with E-state index in [1.807, 2.05) is 0 Å². The third-order valence-corrected chi connectivity index (χ3v) is 2.06. The number of rotatable bonds is 3. The summed E-state index contributed by atoms with van der Waals surface area (Å²) >= 11 is 0. The molecule has 1 aromatic rings. The van der Waals surface area contributed by atoms with Crippen LogP contribution < -0.4 is 5.32 Å². The van der Waals surface area contributed by atoms with Crippen molar-refractivity contribution >= 4 is 11.9 Å². The molecule has 1 atom stereocenters. The van der Waals surface area contributed by atoms with Crippen LogP contribution in [0.15, 0.2) is 6.33 Å². The fourth-order valence-corrected chi connectivity index (χ4v) is 1.25. The molecule has 1 aromatic heterocycles. The zero-order valence-electron chi connectivity index (χ0n) is 11.2. The summed E-state index contributed by atoms with van der Waals surface area (Å²) in [4.78, 5) is 23.4. The van der Waals surface area contributed by atoms with Gasteiger partial charge in [0.15, 0.2) is 0 Å². The lowest BCUT2D eigenvalue weighted by Crippen LogP contribution is -2.42. The second-order valence-electron chi connectivity index (χ2n) is 5.00. The first-order valence-corrected chi connectivity index (χ1v) is 5.58. The van der Waals surface area contributed by atoms with Crippen LogP contribution in [-0.4, -0.2) is 38.3 Å². The van der Waals surface area contributed by atoms with Crippen LogP contribution in [-0.2, 0) is 11.8 Å². The molecule has 7 heteroatoms. The molecule has 100 valence electrons. The SMILES string of the molecule is C[C@H](NC(=O)OC(C)(C)C)C(=O)c1nncn1C. The van der Waals surface area contributed by atoms with Gasteiger partial charge in [-0.05, 0) is 27.7 Å². The van der Waals surface area contributed by atoms with Crippen LogP contribution in [0.3, 0.4) is 0 Å². The minimum Gasteiger partial charge on any atom is -0.444 e. The van der Waals surface area contributed by atoms with Gasteiger partial charge in [0.1, 0.15) is 11.9 Å². The number of nitrogens with zero attached hydrogens (tertiary/aromatic N) is 3. The Labute approximate surface area is 106 Å². The lowest BCUT2D eigenvalue weighted by molar-refractivity contribution is 0.0495. The van der Waals surface area contributed by atoms with Crippen LogP contribution in [0.1, 0.15) is 38.3 Å². The third kappa shape index (κ3) is 3.83. The molecular weight excluding hydrogens is 236 g/mol. The number of amides is 1. The molecule has 0 unspecified atom stereocenters. The standard InChI is InChI=1S/C11H18N4O3/c1-7(13-10(17)18-11(2,3)4)8(16)9-14-12-6-15(9)5/h6-7H,1-5H3,(H,13,17)/t7-/m0/s1. The van der Waals surface area contributed by atoms with Gasteiger partial charge in [0.25, 0.3) is 0 Å². The highest BCUT2D eigenvalue weighted by Gasteiger charge is 2.24. The second-order valence-corrected chi connectivity index (χ2v) is 5.00. The third-order valence-electron chi connectivity index (χ3n) is 2.06. The smallest absolute Gasteiger partial charge is 0.408 e. The van der Waals surface area contributed by atoms with Crippen molar-refractivity contribution in [1.29, 1.82) is 0 Å². The van der Waals surface area contributed by atoms with E-state index in [2.05, 4.69) is 15.5 Å². The lowest BCUT2D eigenvalue weighted by Gasteiger charge is -2.21. The summed E-state index contributed by atoms with van der Waals surface area (Å²) in [6, 6.07) is -0.720. The van der Waals surface area contributed by atoms with Crippen molar-refractivity contribution in [2.45, 2.75) is 39.3 Å². The number of ketones is 1. The van der Waals surface area contributed by atoms with Crippen molar-refractivity contribution in [1.82, 2.24) is 20.1 Å². The Morgan fingerprint density at radius 3 is 2.50 bits per heavy atom. The number of aromatic nitrogens is 3. The predicted octanol–water partition coefficient (Wildman–Crippen LogP) is 0.911. The summed E-state index contributed by atoms with van der Waals surface area (Å²) in [5, 5.41) is 9.76. The van der Waals surface area contributed by atoms with Crippen LogP contribution in [0.2, 0.25) is 0 Å². The molecular formula is C11H18N4O3. The maximum Gasteiger partial charge on any atom is 0.408 e. The molecule has 7 nitrogen and oxygen atoms in total. The summed E-state index contributed by atoms with van der Waals surface area (Å²) in [7, 11) is 1.66. The highest BCUT2D eigenvalue weighted by atomic mass is 16.6. The van der Waals surface area contributed by atoms with Gasteiger partial charge in [0.2, 0.25) is 11.6 Å². The molecule has 0 aromatic carbocycles. The van der Waals surface area contributed by atoms with Crippen molar-refractivity contribution in [3.63, 3.8) is 0 Å². The van der Waals surface area contributed by atoms with Crippen LogP contribution in [0.5, 0.6) is 0 Å². The van der Waals surface area contributed by atoms with Gasteiger partial charge in [-0.3, -0.25) is 4.79 Å². The normalized spacial score (nSPS) is 12.9. The minimum atomic E-state index is -0.720. The first kappa shape index (κ1) is 14.1. The molecule has 0 bridgehead atoms. The largest absolute Gasteiger partial charge is 0.444 e. The number of alkyl carbamates (subject to hydrolysis) is 1. The Balaban J connectivity index is 2.61. The lowest BCUT2D eigenvalue weighted by atomic mass is 10.2. The number of hydrogen-bond acceptors (Lipinski definition) is 5. The second kappa shape index (κ2) is 5.16. The number of hydrogen-bond donors (Lipinski definition) is 1. The number of carbonyl (C=O) groups is 2. The molecule has 0 saturated heterocycles. The maximum absolute atomic E-state index is 11.9. The first-order valence-electron chi connectivity index (χ1n) is 5.58. The Hall–Kier alpha value is -1.92. The molecule has 0 spiro atoms. The molecule has 0 aliphatic rings. The number of aryl methyl sites for hydroxylation is 1. The van der Waals surface area contributed by atoms with Gasteiger partial charge < -0.3 is 14.6 Å². The Morgan fingerprint density at radius 1 is 1.44 bits per heavy atom. The average molecular weight is 254 g/mol. The quantitative estimate of drug-likeness (QED) is 0.810. The van der Waals surface area contributed by atoms with E-state index < -0.39 is 17.7 Å². The highest BCUT2D eigenvalue weighted by Crippen LogP contribution is 2.07. The van der Waals surface area contributed by atoms with Gasteiger partial charge in [-0.2, -0.15) is 0 Å². The molecule has 0 fully saturated rings. The molecule has 1 N–H and O–H groups in total. The van der Waals surface area contributed by atoms with Crippen molar-refractivity contribution < 1.29 is 14.3 Å². The molecule has 1 heterocycles. The van der Waals surface area contributed by atoms with Crippen LogP contribution in [0.25, 0.3) is 0 Å². The van der Waals surface area contributed by atoms with Crippen molar-refractivity contribution in [2.24, 2.45) is 7.05 Å². The minimum absolute atomic E-state index is 0.193. The van der Waals surface area contributed by atoms with E-state index in [9.17, 15) is 9.59 Å². The van der Waals surface area contributed by atoms with Gasteiger partial charge in [0.05, 0.1) is 6.04 Å². The molecule has 0 saturated carbocycles. The fourth-order valence-electron chi connectivity index (χ4n) is 1.25. The van der Waals surface area contributed by atoms with E-state index in [0.29, 0.717) is 0 Å². The maximum atomic E-state index is 11.9. The van der Waals surface area contributed by atoms with Crippen molar-refractivity contribution in [3.8, 4) is 0 Å². The van der Waals surface area contributed by atoms with E-state index >= 15 is 0 Å². The number of Topliss-reactive ketones (excluding diaryl/α,β-unsaturated/α-hetero) is 1. The van der Waals surface area contributed by atoms with Crippen LogP contribution in [0, 0.1) is 0 Å². The van der Waals surface area contributed by atoms with Crippen molar-refractivity contribution in [3.05, 3.63) is 12.2 Å².